The molecule has 0 amide bonds. The Balaban J connectivity index is 0. The summed E-state index contributed by atoms with van der Waals surface area (Å²) in [7, 11) is 0. The summed E-state index contributed by atoms with van der Waals surface area (Å²) in [4.78, 5) is 0. The molecule has 0 saturated carbocycles. The quantitative estimate of drug-likeness (QED) is 0.370. The average molecular weight is 122 g/mol. The molecule has 24 valence electrons. The van der Waals surface area contributed by atoms with Crippen molar-refractivity contribution in [2.75, 3.05) is 0 Å². The zero-order chi connectivity index (χ0) is 0. The van der Waals surface area contributed by atoms with E-state index in [1.54, 1.807) is 0 Å². The molecule has 0 rings (SSSR count). The monoisotopic (exact) mass is 122 g/mol. The van der Waals surface area contributed by atoms with Crippen LogP contribution >= 0.6 is 0 Å². The smallest absolute Gasteiger partial charge is 1.00 e. The molecule has 0 fully saturated rings. The molecule has 0 aliphatic heterocycles. The molecule has 4 heteroatoms. The van der Waals surface area contributed by atoms with E-state index in [9.17, 15) is 0 Å². The topological polar surface area (TPSA) is 31.5 Å². The van der Waals surface area contributed by atoms with Crippen molar-refractivity contribution in [2.24, 2.45) is 0 Å². The molecular weight excluding hydrogens is 115 g/mol. The van der Waals surface area contributed by atoms with Gasteiger partial charge in [-0.25, -0.2) is 0 Å². The van der Waals surface area contributed by atoms with Gasteiger partial charge in [-0.05, 0) is 0 Å². The number of rotatable bonds is 0. The molecule has 0 aliphatic rings. The Kier molecular flexibility index (Phi) is 146. The van der Waals surface area contributed by atoms with Crippen LogP contribution in [0.4, 0.5) is 4.70 Å². The van der Waals surface area contributed by atoms with Crippen LogP contribution in [0.1, 0.15) is 5.71 Å². The van der Waals surface area contributed by atoms with Crippen LogP contribution < -0.4 is 0 Å². The van der Waals surface area contributed by atoms with Gasteiger partial charge in [0, 0.05) is 0 Å². The van der Waals surface area contributed by atoms with Crippen molar-refractivity contribution in [3.8, 4) is 0 Å². The van der Waals surface area contributed by atoms with Gasteiger partial charge < -0.3 is 11.2 Å². The van der Waals surface area contributed by atoms with E-state index in [0.717, 1.165) is 0 Å². The van der Waals surface area contributed by atoms with Crippen molar-refractivity contribution in [3.05, 3.63) is 0 Å². The van der Waals surface area contributed by atoms with Gasteiger partial charge >= 0.3 is 75.5 Å². The Labute approximate surface area is 89.7 Å². The molecule has 0 heterocycles. The SMILES string of the molecule is F.O.[Ca+2].[Ca+2].[H-].[H-].[H-].[H-]. The minimum atomic E-state index is 0. The van der Waals surface area contributed by atoms with Crippen LogP contribution in [-0.4, -0.2) is 81.0 Å². The van der Waals surface area contributed by atoms with Crippen LogP contribution in [0.2, 0.25) is 0 Å². The predicted octanol–water partition coefficient (Wildman–Crippen LogP) is -0.984. The van der Waals surface area contributed by atoms with Gasteiger partial charge in [0.1, 0.15) is 0 Å². The van der Waals surface area contributed by atoms with E-state index in [1.807, 2.05) is 0 Å². The standard InChI is InChI=1S/2Ca.FH.H2O.4H/h;;1H;1H2;;;;/q2*+2;;;4*-1. The third-order valence-electron chi connectivity index (χ3n) is 0. The molecule has 0 aromatic heterocycles. The van der Waals surface area contributed by atoms with E-state index in [0.29, 0.717) is 0 Å². The molecule has 1 nitrogen and oxygen atoms in total. The van der Waals surface area contributed by atoms with E-state index in [1.165, 1.54) is 0 Å². The first-order valence-corrected chi connectivity index (χ1v) is 0. The average Bonchev–Trinajstić information content (AvgIpc) is 0. The van der Waals surface area contributed by atoms with Gasteiger partial charge in [-0.3, -0.25) is 4.70 Å². The molecule has 4 heavy (non-hydrogen) atoms. The maximum Gasteiger partial charge on any atom is 2.00 e. The van der Waals surface area contributed by atoms with Gasteiger partial charge in [0.2, 0.25) is 0 Å². The van der Waals surface area contributed by atoms with Crippen molar-refractivity contribution in [2.45, 2.75) is 0 Å². The maximum atomic E-state index is 0. The largest absolute Gasteiger partial charge is 2.00 e. The van der Waals surface area contributed by atoms with E-state index in [2.05, 4.69) is 0 Å². The van der Waals surface area contributed by atoms with Crippen molar-refractivity contribution >= 4 is 75.5 Å². The van der Waals surface area contributed by atoms with Crippen LogP contribution in [0.15, 0.2) is 0 Å². The molecule has 0 unspecified atom stereocenters. The Bertz CT molecular complexity index is 14.0. The van der Waals surface area contributed by atoms with Gasteiger partial charge in [-0.1, -0.05) is 0 Å². The Morgan fingerprint density at radius 2 is 1.00 bits per heavy atom. The predicted molar refractivity (Wildman–Crippen MR) is 22.1 cm³/mol. The molecule has 0 aliphatic carbocycles. The van der Waals surface area contributed by atoms with E-state index in [4.69, 9.17) is 0 Å². The van der Waals surface area contributed by atoms with Gasteiger partial charge in [-0.15, -0.1) is 0 Å². The fourth-order valence-electron chi connectivity index (χ4n) is 0. The molecule has 0 bridgehead atoms. The summed E-state index contributed by atoms with van der Waals surface area (Å²) in [6.45, 7) is 0. The molecule has 2 N–H and O–H groups in total. The Morgan fingerprint density at radius 1 is 1.00 bits per heavy atom. The van der Waals surface area contributed by atoms with Crippen LogP contribution in [0.3, 0.4) is 0 Å². The molecule has 0 aromatic rings. The molecule has 0 atom stereocenters. The number of halogens is 1. The fraction of sp³-hybridized carbons (Fsp3) is 0. The fourth-order valence-corrected chi connectivity index (χ4v) is 0. The van der Waals surface area contributed by atoms with Crippen LogP contribution in [-0.2, 0) is 0 Å². The van der Waals surface area contributed by atoms with E-state index < -0.39 is 0 Å². The van der Waals surface area contributed by atoms with Crippen molar-refractivity contribution < 1.29 is 15.9 Å². The summed E-state index contributed by atoms with van der Waals surface area (Å²) in [6, 6.07) is 0. The summed E-state index contributed by atoms with van der Waals surface area (Å²) in [5, 5.41) is 0. The first-order chi connectivity index (χ1) is 0. The van der Waals surface area contributed by atoms with Crippen LogP contribution in [0.5, 0.6) is 0 Å². The van der Waals surface area contributed by atoms with E-state index in [-0.39, 0.29) is 91.4 Å². The first kappa shape index (κ1) is 32.3. The summed E-state index contributed by atoms with van der Waals surface area (Å²) < 4.78 is 0. The first-order valence-electron chi connectivity index (χ1n) is 0. The second-order valence-corrected chi connectivity index (χ2v) is 0. The molecular formula is H7Ca2FO. The number of hydrogen-bond acceptors (Lipinski definition) is 0. The zero-order valence-corrected chi connectivity index (χ0v) is 6.74. The summed E-state index contributed by atoms with van der Waals surface area (Å²) in [6.07, 6.45) is 0. The summed E-state index contributed by atoms with van der Waals surface area (Å²) in [5.41, 5.74) is 0. The molecule has 0 saturated heterocycles. The van der Waals surface area contributed by atoms with Crippen LogP contribution in [0, 0.1) is 0 Å². The molecule has 0 spiro atoms. The third-order valence-corrected chi connectivity index (χ3v) is 0. The summed E-state index contributed by atoms with van der Waals surface area (Å²) >= 11 is 0. The minimum Gasteiger partial charge on any atom is -1.00 e. The number of hydrogen-bond donors (Lipinski definition) is 0. The van der Waals surface area contributed by atoms with Crippen molar-refractivity contribution in [1.29, 1.82) is 0 Å². The van der Waals surface area contributed by atoms with Gasteiger partial charge in [0.05, 0.1) is 0 Å². The minimum absolute atomic E-state index is 0. The maximum absolute atomic E-state index is 0. The normalized spacial score (nSPS) is 0. The van der Waals surface area contributed by atoms with Gasteiger partial charge in [0.15, 0.2) is 0 Å². The van der Waals surface area contributed by atoms with E-state index >= 15 is 0 Å². The second-order valence-electron chi connectivity index (χ2n) is 0. The van der Waals surface area contributed by atoms with Crippen molar-refractivity contribution in [3.63, 3.8) is 0 Å². The molecule has 0 aromatic carbocycles. The van der Waals surface area contributed by atoms with Crippen LogP contribution in [0.25, 0.3) is 0 Å². The second kappa shape index (κ2) is 18.1. The summed E-state index contributed by atoms with van der Waals surface area (Å²) in [5.74, 6) is 0. The van der Waals surface area contributed by atoms with Gasteiger partial charge in [-0.2, -0.15) is 0 Å². The van der Waals surface area contributed by atoms with Gasteiger partial charge in [0.25, 0.3) is 0 Å². The third kappa shape index (κ3) is 8.83. The zero-order valence-electron chi connectivity index (χ0n) is 6.32. The molecule has 0 radical (unpaired) electrons. The Morgan fingerprint density at radius 3 is 1.00 bits per heavy atom. The Hall–Kier alpha value is 2.41. The van der Waals surface area contributed by atoms with Crippen molar-refractivity contribution in [1.82, 2.24) is 0 Å².